The summed E-state index contributed by atoms with van der Waals surface area (Å²) >= 11 is 0. The number of ether oxygens (including phenoxy) is 2. The van der Waals surface area contributed by atoms with E-state index in [1.807, 2.05) is 53.4 Å². The molecule has 0 bridgehead atoms. The van der Waals surface area contributed by atoms with E-state index in [-0.39, 0.29) is 18.0 Å². The van der Waals surface area contributed by atoms with Crippen molar-refractivity contribution in [3.05, 3.63) is 101 Å². The number of nitrogens with zero attached hydrogens (tertiary/aromatic N) is 2. The van der Waals surface area contributed by atoms with E-state index < -0.39 is 11.7 Å². The van der Waals surface area contributed by atoms with Crippen LogP contribution in [0.1, 0.15) is 34.2 Å². The van der Waals surface area contributed by atoms with Crippen molar-refractivity contribution in [1.82, 2.24) is 15.1 Å². The Morgan fingerprint density at radius 1 is 1.00 bits per heavy atom. The minimum absolute atomic E-state index is 0.0416. The van der Waals surface area contributed by atoms with Gasteiger partial charge >= 0.3 is 6.18 Å². The molecule has 5 rings (SSSR count). The van der Waals surface area contributed by atoms with Gasteiger partial charge in [0.05, 0.1) is 25.8 Å². The lowest BCUT2D eigenvalue weighted by Crippen LogP contribution is -2.47. The van der Waals surface area contributed by atoms with Gasteiger partial charge in [-0.1, -0.05) is 60.7 Å². The number of benzene rings is 3. The normalized spacial score (nSPS) is 19.2. The number of hydrogen-bond donors (Lipinski definition) is 1. The molecule has 222 valence electrons. The van der Waals surface area contributed by atoms with Crippen molar-refractivity contribution in [2.75, 3.05) is 33.9 Å². The van der Waals surface area contributed by atoms with Gasteiger partial charge in [0.1, 0.15) is 0 Å². The zero-order valence-electron chi connectivity index (χ0n) is 23.9. The Bertz CT molecular complexity index is 1410. The van der Waals surface area contributed by atoms with E-state index in [1.54, 1.807) is 20.3 Å². The van der Waals surface area contributed by atoms with E-state index in [2.05, 4.69) is 16.3 Å². The molecule has 0 aliphatic carbocycles. The molecule has 1 saturated heterocycles. The van der Waals surface area contributed by atoms with E-state index in [0.29, 0.717) is 56.2 Å². The zero-order chi connectivity index (χ0) is 29.7. The Labute approximate surface area is 244 Å². The van der Waals surface area contributed by atoms with Gasteiger partial charge in [-0.2, -0.15) is 13.2 Å². The molecule has 9 heteroatoms. The van der Waals surface area contributed by atoms with Crippen molar-refractivity contribution in [1.29, 1.82) is 0 Å². The maximum atomic E-state index is 14.0. The summed E-state index contributed by atoms with van der Waals surface area (Å²) in [4.78, 5) is 18.0. The molecule has 0 radical (unpaired) electrons. The molecular weight excluding hydrogens is 543 g/mol. The number of fused-ring (bicyclic) bond motifs is 1. The van der Waals surface area contributed by atoms with Gasteiger partial charge in [0.2, 0.25) is 5.91 Å². The lowest BCUT2D eigenvalue weighted by molar-refractivity contribution is -0.138. The molecule has 1 N–H and O–H groups in total. The van der Waals surface area contributed by atoms with Gasteiger partial charge in [-0.05, 0) is 53.3 Å². The first-order valence-corrected chi connectivity index (χ1v) is 14.1. The summed E-state index contributed by atoms with van der Waals surface area (Å²) in [5.41, 5.74) is 3.17. The Kier molecular flexibility index (Phi) is 9.18. The molecule has 0 aromatic heterocycles. The summed E-state index contributed by atoms with van der Waals surface area (Å²) in [7, 11) is 3.21. The van der Waals surface area contributed by atoms with Crippen molar-refractivity contribution < 1.29 is 27.4 Å². The molecule has 0 spiro atoms. The Morgan fingerprint density at radius 3 is 2.45 bits per heavy atom. The van der Waals surface area contributed by atoms with Crippen LogP contribution >= 0.6 is 0 Å². The Balaban J connectivity index is 1.30. The number of methoxy groups -OCH3 is 2. The molecule has 1 amide bonds. The van der Waals surface area contributed by atoms with Crippen LogP contribution in [0.5, 0.6) is 11.5 Å². The molecule has 42 heavy (non-hydrogen) atoms. The van der Waals surface area contributed by atoms with E-state index in [4.69, 9.17) is 9.47 Å². The fourth-order valence-electron chi connectivity index (χ4n) is 5.80. The second-order valence-corrected chi connectivity index (χ2v) is 10.8. The topological polar surface area (TPSA) is 54.0 Å². The van der Waals surface area contributed by atoms with Gasteiger partial charge in [0.25, 0.3) is 0 Å². The first kappa shape index (κ1) is 29.7. The quantitative estimate of drug-likeness (QED) is 0.360. The van der Waals surface area contributed by atoms with Crippen LogP contribution in [0.3, 0.4) is 0 Å². The van der Waals surface area contributed by atoms with Gasteiger partial charge in [0.15, 0.2) is 11.5 Å². The highest BCUT2D eigenvalue weighted by molar-refractivity contribution is 5.83. The predicted octanol–water partition coefficient (Wildman–Crippen LogP) is 5.55. The fourth-order valence-corrected chi connectivity index (χ4v) is 5.80. The first-order chi connectivity index (χ1) is 20.2. The molecule has 2 heterocycles. The lowest BCUT2D eigenvalue weighted by Gasteiger charge is -2.33. The van der Waals surface area contributed by atoms with Gasteiger partial charge in [-0.25, -0.2) is 0 Å². The first-order valence-electron chi connectivity index (χ1n) is 14.1. The fraction of sp³-hybridized carbons (Fsp3) is 0.364. The van der Waals surface area contributed by atoms with Crippen LogP contribution in [0.25, 0.3) is 6.08 Å². The minimum atomic E-state index is -4.38. The Morgan fingerprint density at radius 2 is 1.74 bits per heavy atom. The number of alkyl halides is 3. The van der Waals surface area contributed by atoms with Crippen molar-refractivity contribution in [3.8, 4) is 11.5 Å². The second kappa shape index (κ2) is 13.0. The van der Waals surface area contributed by atoms with Crippen molar-refractivity contribution >= 4 is 12.0 Å². The molecule has 0 saturated carbocycles. The number of nitrogens with one attached hydrogen (secondary N) is 1. The molecule has 0 unspecified atom stereocenters. The van der Waals surface area contributed by atoms with Crippen LogP contribution in [0.15, 0.2) is 72.8 Å². The highest BCUT2D eigenvalue weighted by Gasteiger charge is 2.39. The molecule has 3 aromatic rings. The summed E-state index contributed by atoms with van der Waals surface area (Å²) in [5.74, 6) is 1.38. The average molecular weight is 580 g/mol. The Hall–Kier alpha value is -3.82. The van der Waals surface area contributed by atoms with E-state index in [1.165, 1.54) is 12.1 Å². The van der Waals surface area contributed by atoms with E-state index >= 15 is 0 Å². The minimum Gasteiger partial charge on any atom is -0.493 e. The third-order valence-electron chi connectivity index (χ3n) is 8.02. The van der Waals surface area contributed by atoms with Crippen LogP contribution in [0.2, 0.25) is 0 Å². The van der Waals surface area contributed by atoms with Crippen molar-refractivity contribution in [2.24, 2.45) is 0 Å². The number of rotatable bonds is 9. The predicted molar refractivity (Wildman–Crippen MR) is 156 cm³/mol. The molecule has 2 aliphatic rings. The van der Waals surface area contributed by atoms with Crippen molar-refractivity contribution in [3.63, 3.8) is 0 Å². The summed E-state index contributed by atoms with van der Waals surface area (Å²) in [6, 6.07) is 18.9. The standard InChI is InChI=1S/C33H36F3N3O3/c1-41-30-17-25-13-15-39(21-26(25)18-31(30)42-2)32(40)29-19-28(22-38(29)14-7-11-23-8-4-3-5-9-23)37-20-24-10-6-12-27(16-24)33(34,35)36/h3-12,16-18,28-29,37H,13-15,19-22H2,1-2H3/t28-,29+/m1/s1. The van der Waals surface area contributed by atoms with Crippen LogP contribution in [-0.4, -0.2) is 61.6 Å². The second-order valence-electron chi connectivity index (χ2n) is 10.8. The van der Waals surface area contributed by atoms with E-state index in [0.717, 1.165) is 29.2 Å². The summed E-state index contributed by atoms with van der Waals surface area (Å²) < 4.78 is 50.5. The van der Waals surface area contributed by atoms with Gasteiger partial charge < -0.3 is 19.7 Å². The number of halogens is 3. The molecular formula is C33H36F3N3O3. The van der Waals surface area contributed by atoms with Crippen LogP contribution < -0.4 is 14.8 Å². The molecule has 2 aliphatic heterocycles. The molecule has 2 atom stereocenters. The number of carbonyl (C=O) groups excluding carboxylic acids is 1. The van der Waals surface area contributed by atoms with Gasteiger partial charge in [-0.15, -0.1) is 0 Å². The van der Waals surface area contributed by atoms with Crippen molar-refractivity contribution in [2.45, 2.75) is 44.2 Å². The summed E-state index contributed by atoms with van der Waals surface area (Å²) in [6.07, 6.45) is 1.02. The van der Waals surface area contributed by atoms with E-state index in [9.17, 15) is 18.0 Å². The molecule has 3 aromatic carbocycles. The molecule has 6 nitrogen and oxygen atoms in total. The number of carbonyl (C=O) groups is 1. The monoisotopic (exact) mass is 579 g/mol. The smallest absolute Gasteiger partial charge is 0.416 e. The maximum Gasteiger partial charge on any atom is 0.416 e. The van der Waals surface area contributed by atoms with Crippen LogP contribution in [0, 0.1) is 0 Å². The maximum absolute atomic E-state index is 14.0. The third kappa shape index (κ3) is 6.97. The number of hydrogen-bond acceptors (Lipinski definition) is 5. The summed E-state index contributed by atoms with van der Waals surface area (Å²) in [6.45, 7) is 2.59. The average Bonchev–Trinajstić information content (AvgIpc) is 3.41. The number of amides is 1. The van der Waals surface area contributed by atoms with Gasteiger partial charge in [-0.3, -0.25) is 9.69 Å². The van der Waals surface area contributed by atoms with Crippen LogP contribution in [-0.2, 0) is 30.5 Å². The zero-order valence-corrected chi connectivity index (χ0v) is 23.9. The van der Waals surface area contributed by atoms with Crippen LogP contribution in [0.4, 0.5) is 13.2 Å². The lowest BCUT2D eigenvalue weighted by atomic mass is 9.98. The number of likely N-dealkylation sites (tertiary alicyclic amines) is 1. The SMILES string of the molecule is COc1cc2c(cc1OC)CN(C(=O)[C@@H]1C[C@@H](NCc3cccc(C(F)(F)F)c3)CN1CC=Cc1ccccc1)CC2. The van der Waals surface area contributed by atoms with Gasteiger partial charge in [0, 0.05) is 38.8 Å². The summed E-state index contributed by atoms with van der Waals surface area (Å²) in [5, 5.41) is 3.41. The highest BCUT2D eigenvalue weighted by atomic mass is 19.4. The third-order valence-corrected chi connectivity index (χ3v) is 8.02. The largest absolute Gasteiger partial charge is 0.493 e. The molecule has 1 fully saturated rings. The highest BCUT2D eigenvalue weighted by Crippen LogP contribution is 2.34.